The Morgan fingerprint density at radius 1 is 0.925 bits per heavy atom. The van der Waals surface area contributed by atoms with Gasteiger partial charge in [0.1, 0.15) is 5.25 Å². The van der Waals surface area contributed by atoms with Crippen molar-refractivity contribution in [3.05, 3.63) is 34.4 Å². The van der Waals surface area contributed by atoms with Crippen molar-refractivity contribution in [3.8, 4) is 0 Å². The summed E-state index contributed by atoms with van der Waals surface area (Å²) in [6, 6.07) is 0. The Morgan fingerprint density at radius 2 is 1.52 bits per heavy atom. The van der Waals surface area contributed by atoms with E-state index in [0.29, 0.717) is 5.92 Å². The fourth-order valence-corrected chi connectivity index (χ4v) is 12.1. The summed E-state index contributed by atoms with van der Waals surface area (Å²) in [4.78, 5) is 0. The zero-order valence-corrected chi connectivity index (χ0v) is 30.5. The molecule has 4 aliphatic rings. The first-order valence-electron chi connectivity index (χ1n) is 15.8. The highest BCUT2D eigenvalue weighted by Gasteiger charge is 2.51. The third-order valence-corrected chi connectivity index (χ3v) is 22.8. The highest BCUT2D eigenvalue weighted by Crippen LogP contribution is 2.57. The molecule has 0 saturated heterocycles. The molecule has 2 saturated carbocycles. The normalized spacial score (nSPS) is 35.4. The molecule has 0 aromatic rings. The van der Waals surface area contributed by atoms with E-state index in [1.165, 1.54) is 12.0 Å². The third-order valence-electron chi connectivity index (χ3n) is 11.9. The summed E-state index contributed by atoms with van der Waals surface area (Å²) in [6.07, 6.45) is 11.5. The van der Waals surface area contributed by atoms with Crippen LogP contribution in [0.1, 0.15) is 100 Å². The summed E-state index contributed by atoms with van der Waals surface area (Å²) < 4.78 is 42.0. The van der Waals surface area contributed by atoms with Crippen LogP contribution >= 0.6 is 0 Å². The van der Waals surface area contributed by atoms with Crippen LogP contribution in [-0.4, -0.2) is 48.3 Å². The molecule has 0 amide bonds. The molecule has 4 rings (SSSR count). The van der Waals surface area contributed by atoms with Crippen molar-refractivity contribution in [1.29, 1.82) is 0 Å². The molecule has 1 aliphatic heterocycles. The Labute approximate surface area is 248 Å². The number of rotatable bonds is 5. The van der Waals surface area contributed by atoms with Gasteiger partial charge >= 0.3 is 0 Å². The Kier molecular flexibility index (Phi) is 8.60. The highest BCUT2D eigenvalue weighted by molar-refractivity contribution is 7.92. The van der Waals surface area contributed by atoms with Gasteiger partial charge in [0.05, 0.1) is 18.0 Å². The monoisotopic (exact) mass is 606 g/mol. The topological polar surface area (TPSA) is 52.6 Å². The van der Waals surface area contributed by atoms with Crippen LogP contribution in [0.15, 0.2) is 34.4 Å². The van der Waals surface area contributed by atoms with Crippen LogP contribution in [0.2, 0.25) is 36.3 Å². The molecule has 228 valence electrons. The molecule has 7 heteroatoms. The van der Waals surface area contributed by atoms with Crippen LogP contribution in [0.25, 0.3) is 0 Å². The molecule has 4 unspecified atom stereocenters. The van der Waals surface area contributed by atoms with E-state index in [2.05, 4.69) is 93.7 Å². The smallest absolute Gasteiger partial charge is 0.192 e. The maximum absolute atomic E-state index is 14.0. The van der Waals surface area contributed by atoms with Gasteiger partial charge in [-0.15, -0.1) is 0 Å². The lowest BCUT2D eigenvalue weighted by molar-refractivity contribution is 0.0980. The number of allylic oxidation sites excluding steroid dienone is 3. The van der Waals surface area contributed by atoms with Gasteiger partial charge in [-0.3, -0.25) is 0 Å². The first-order valence-corrected chi connectivity index (χ1v) is 23.3. The Bertz CT molecular complexity index is 1200. The fourth-order valence-electron chi connectivity index (χ4n) is 7.35. The average molecular weight is 607 g/mol. The van der Waals surface area contributed by atoms with Crippen LogP contribution in [0, 0.1) is 11.3 Å². The molecule has 2 fully saturated rings. The summed E-state index contributed by atoms with van der Waals surface area (Å²) in [5.41, 5.74) is 5.30. The number of hydrogen-bond acceptors (Lipinski definition) is 4. The maximum Gasteiger partial charge on any atom is 0.192 e. The number of fused-ring (bicyclic) bond motifs is 1. The van der Waals surface area contributed by atoms with Crippen molar-refractivity contribution in [2.24, 2.45) is 11.3 Å². The second kappa shape index (κ2) is 10.6. The zero-order valence-electron chi connectivity index (χ0n) is 27.7. The molecular weight excluding hydrogens is 549 g/mol. The Morgan fingerprint density at radius 3 is 2.10 bits per heavy atom. The second-order valence-electron chi connectivity index (χ2n) is 16.5. The highest BCUT2D eigenvalue weighted by atomic mass is 32.2. The van der Waals surface area contributed by atoms with Gasteiger partial charge in [0.2, 0.25) is 0 Å². The molecular formula is C33H58O4SSi2. The Balaban J connectivity index is 1.75. The predicted molar refractivity (Wildman–Crippen MR) is 174 cm³/mol. The third kappa shape index (κ3) is 5.85. The van der Waals surface area contributed by atoms with Crippen LogP contribution in [0.3, 0.4) is 0 Å². The summed E-state index contributed by atoms with van der Waals surface area (Å²) in [7, 11) is -7.49. The van der Waals surface area contributed by atoms with E-state index in [1.54, 1.807) is 5.57 Å². The first-order chi connectivity index (χ1) is 18.1. The van der Waals surface area contributed by atoms with E-state index in [4.69, 9.17) is 8.85 Å². The van der Waals surface area contributed by atoms with Crippen LogP contribution in [0.5, 0.6) is 0 Å². The summed E-state index contributed by atoms with van der Waals surface area (Å²) in [5.74, 6) is 0.611. The summed E-state index contributed by atoms with van der Waals surface area (Å²) in [6.45, 7) is 27.4. The minimum atomic E-state index is -3.33. The average Bonchev–Trinajstić information content (AvgIpc) is 3.25. The summed E-state index contributed by atoms with van der Waals surface area (Å²) >= 11 is 0. The van der Waals surface area contributed by atoms with Crippen LogP contribution in [-0.2, 0) is 18.7 Å². The quantitative estimate of drug-likeness (QED) is 0.231. The Hall–Kier alpha value is -0.476. The first kappa shape index (κ1) is 32.4. The fraction of sp³-hybridized carbons (Fsp3) is 0.818. The van der Waals surface area contributed by atoms with Gasteiger partial charge in [-0.2, -0.15) is 0 Å². The lowest BCUT2D eigenvalue weighted by Crippen LogP contribution is -2.49. The van der Waals surface area contributed by atoms with Crippen molar-refractivity contribution < 1.29 is 17.3 Å². The van der Waals surface area contributed by atoms with E-state index >= 15 is 0 Å². The van der Waals surface area contributed by atoms with E-state index in [9.17, 15) is 8.42 Å². The molecule has 0 N–H and O–H groups in total. The molecule has 3 aliphatic carbocycles. The molecule has 0 spiro atoms. The second-order valence-corrected chi connectivity index (χ2v) is 28.1. The molecule has 1 heterocycles. The number of hydrogen-bond donors (Lipinski definition) is 0. The predicted octanol–water partition coefficient (Wildman–Crippen LogP) is 9.13. The van der Waals surface area contributed by atoms with Gasteiger partial charge in [-0.1, -0.05) is 71.8 Å². The van der Waals surface area contributed by atoms with Crippen molar-refractivity contribution in [2.45, 2.75) is 154 Å². The largest absolute Gasteiger partial charge is 0.414 e. The molecule has 0 aromatic carbocycles. The lowest BCUT2D eigenvalue weighted by Gasteiger charge is -2.45. The van der Waals surface area contributed by atoms with Gasteiger partial charge in [0.15, 0.2) is 26.5 Å². The van der Waals surface area contributed by atoms with Gasteiger partial charge in [-0.25, -0.2) is 8.42 Å². The van der Waals surface area contributed by atoms with E-state index in [1.807, 2.05) is 0 Å². The minimum absolute atomic E-state index is 0.00124. The van der Waals surface area contributed by atoms with E-state index < -0.39 is 31.7 Å². The molecule has 40 heavy (non-hydrogen) atoms. The van der Waals surface area contributed by atoms with Gasteiger partial charge < -0.3 is 8.85 Å². The molecule has 4 nitrogen and oxygen atoms in total. The zero-order chi connectivity index (χ0) is 30.1. The minimum Gasteiger partial charge on any atom is -0.414 e. The SMILES string of the molecule is C/C=C1\CCC2/C(=C/C3C4=C(CS3(=O)=O)C(O[Si](C)(C)C(C)(C)C)CC(O[Si](C)(C)C(C)(C)C)C4)CCC[C@]12C. The lowest BCUT2D eigenvalue weighted by atomic mass is 9.65. The summed E-state index contributed by atoms with van der Waals surface area (Å²) in [5, 5.41) is -0.370. The maximum atomic E-state index is 14.0. The molecule has 0 aromatic heterocycles. The standard InChI is InChI=1S/C33H58O4SSi2/c1-13-24-16-17-28-23(15-14-18-33(24,28)8)19-30-26-20-25(36-39(9,10)31(2,3)4)21-29(27(26)22-38(30,34)35)37-40(11,12)32(5,6)7/h13,19,25,28-30H,14-18,20-22H2,1-12H3/b23-19+,24-13+/t25?,28?,29?,30?,33-/m1/s1. The van der Waals surface area contributed by atoms with Gasteiger partial charge in [0, 0.05) is 6.42 Å². The van der Waals surface area contributed by atoms with Gasteiger partial charge in [-0.05, 0) is 104 Å². The van der Waals surface area contributed by atoms with Crippen molar-refractivity contribution in [1.82, 2.24) is 0 Å². The van der Waals surface area contributed by atoms with Crippen molar-refractivity contribution in [3.63, 3.8) is 0 Å². The molecule has 0 bridgehead atoms. The van der Waals surface area contributed by atoms with Crippen LogP contribution < -0.4 is 0 Å². The van der Waals surface area contributed by atoms with E-state index in [0.717, 1.165) is 49.7 Å². The van der Waals surface area contributed by atoms with Gasteiger partial charge in [0.25, 0.3) is 0 Å². The number of sulfone groups is 1. The molecule has 5 atom stereocenters. The van der Waals surface area contributed by atoms with Crippen molar-refractivity contribution >= 4 is 26.5 Å². The van der Waals surface area contributed by atoms with E-state index in [-0.39, 0.29) is 33.5 Å². The van der Waals surface area contributed by atoms with Crippen molar-refractivity contribution in [2.75, 3.05) is 5.75 Å². The molecule has 0 radical (unpaired) electrons. The van der Waals surface area contributed by atoms with Crippen LogP contribution in [0.4, 0.5) is 0 Å².